The minimum Gasteiger partial charge on any atom is -0.501 e. The van der Waals surface area contributed by atoms with Crippen LogP contribution in [0.3, 0.4) is 0 Å². The Kier molecular flexibility index (Phi) is 8.41. The molecule has 0 radical (unpaired) electrons. The molecule has 0 saturated carbocycles. The minimum atomic E-state index is -0.268. The van der Waals surface area contributed by atoms with Crippen molar-refractivity contribution >= 4 is 5.97 Å². The van der Waals surface area contributed by atoms with E-state index in [1.807, 2.05) is 0 Å². The highest BCUT2D eigenvalue weighted by Gasteiger charge is 1.87. The molecule has 0 aromatic carbocycles. The van der Waals surface area contributed by atoms with Crippen molar-refractivity contribution in [3.05, 3.63) is 12.3 Å². The van der Waals surface area contributed by atoms with Gasteiger partial charge in [-0.15, -0.1) is 0 Å². The molecule has 0 rings (SSSR count). The summed E-state index contributed by atoms with van der Waals surface area (Å²) >= 11 is 0. The molecule has 0 aliphatic rings. The third-order valence-electron chi connectivity index (χ3n) is 1.44. The number of ether oxygens (including phenoxy) is 2. The molecule has 0 heterocycles. The molecule has 0 bridgehead atoms. The zero-order chi connectivity index (χ0) is 9.94. The van der Waals surface area contributed by atoms with Crippen molar-refractivity contribution in [1.82, 2.24) is 0 Å². The highest BCUT2D eigenvalue weighted by atomic mass is 16.5. The van der Waals surface area contributed by atoms with Crippen molar-refractivity contribution in [2.75, 3.05) is 13.2 Å². The standard InChI is InChI=1S/C10H18O3/c1-3-4-5-7-12-8-6-9-13-10(2)11/h6,8H,3-5,7,9H2,1-2H3. The Hall–Kier alpha value is -0.990. The fraction of sp³-hybridized carbons (Fsp3) is 0.700. The zero-order valence-electron chi connectivity index (χ0n) is 8.41. The highest BCUT2D eigenvalue weighted by molar-refractivity contribution is 5.65. The van der Waals surface area contributed by atoms with Crippen molar-refractivity contribution in [2.45, 2.75) is 33.1 Å². The van der Waals surface area contributed by atoms with E-state index in [1.54, 1.807) is 12.3 Å². The van der Waals surface area contributed by atoms with Crippen molar-refractivity contribution in [2.24, 2.45) is 0 Å². The molecule has 3 nitrogen and oxygen atoms in total. The quantitative estimate of drug-likeness (QED) is 0.347. The molecule has 0 fully saturated rings. The summed E-state index contributed by atoms with van der Waals surface area (Å²) < 4.78 is 9.81. The largest absolute Gasteiger partial charge is 0.501 e. The average molecular weight is 186 g/mol. The molecule has 0 N–H and O–H groups in total. The highest BCUT2D eigenvalue weighted by Crippen LogP contribution is 1.94. The van der Waals surface area contributed by atoms with Gasteiger partial charge in [-0.05, 0) is 12.5 Å². The molecule has 0 unspecified atom stereocenters. The summed E-state index contributed by atoms with van der Waals surface area (Å²) in [4.78, 5) is 10.3. The number of carbonyl (C=O) groups is 1. The van der Waals surface area contributed by atoms with Crippen LogP contribution in [0.4, 0.5) is 0 Å². The van der Waals surface area contributed by atoms with E-state index in [4.69, 9.17) is 4.74 Å². The van der Waals surface area contributed by atoms with Crippen LogP contribution < -0.4 is 0 Å². The summed E-state index contributed by atoms with van der Waals surface area (Å²) in [5.41, 5.74) is 0. The van der Waals surface area contributed by atoms with E-state index in [9.17, 15) is 4.79 Å². The van der Waals surface area contributed by atoms with E-state index in [1.165, 1.54) is 19.8 Å². The lowest BCUT2D eigenvalue weighted by Gasteiger charge is -1.99. The van der Waals surface area contributed by atoms with Crippen LogP contribution in [-0.2, 0) is 14.3 Å². The second-order valence-electron chi connectivity index (χ2n) is 2.75. The number of hydrogen-bond donors (Lipinski definition) is 0. The Morgan fingerprint density at radius 2 is 2.15 bits per heavy atom. The zero-order valence-corrected chi connectivity index (χ0v) is 8.41. The third kappa shape index (κ3) is 11.0. The molecule has 3 heteroatoms. The summed E-state index contributed by atoms with van der Waals surface area (Å²) in [7, 11) is 0. The molecule has 0 aliphatic carbocycles. The van der Waals surface area contributed by atoms with Gasteiger partial charge in [-0.25, -0.2) is 0 Å². The van der Waals surface area contributed by atoms with Crippen LogP contribution in [0.5, 0.6) is 0 Å². The molecular weight excluding hydrogens is 168 g/mol. The van der Waals surface area contributed by atoms with Crippen molar-refractivity contribution in [3.8, 4) is 0 Å². The molecular formula is C10H18O3. The number of unbranched alkanes of at least 4 members (excludes halogenated alkanes) is 2. The first-order valence-corrected chi connectivity index (χ1v) is 4.67. The van der Waals surface area contributed by atoms with Gasteiger partial charge >= 0.3 is 5.97 Å². The van der Waals surface area contributed by atoms with E-state index < -0.39 is 0 Å². The lowest BCUT2D eigenvalue weighted by atomic mass is 10.3. The Bertz CT molecular complexity index is 152. The van der Waals surface area contributed by atoms with E-state index in [-0.39, 0.29) is 5.97 Å². The van der Waals surface area contributed by atoms with Crippen LogP contribution in [0.2, 0.25) is 0 Å². The van der Waals surface area contributed by atoms with Crippen LogP contribution in [0.1, 0.15) is 33.1 Å². The molecule has 76 valence electrons. The maximum absolute atomic E-state index is 10.3. The van der Waals surface area contributed by atoms with Gasteiger partial charge in [-0.3, -0.25) is 4.79 Å². The van der Waals surface area contributed by atoms with Gasteiger partial charge in [0.05, 0.1) is 12.9 Å². The third-order valence-corrected chi connectivity index (χ3v) is 1.44. The minimum absolute atomic E-state index is 0.268. The summed E-state index contributed by atoms with van der Waals surface area (Å²) in [6, 6.07) is 0. The lowest BCUT2D eigenvalue weighted by Crippen LogP contribution is -1.97. The topological polar surface area (TPSA) is 35.5 Å². The molecule has 0 aromatic rings. The van der Waals surface area contributed by atoms with Crippen LogP contribution in [0.25, 0.3) is 0 Å². The summed E-state index contributed by atoms with van der Waals surface area (Å²) in [5, 5.41) is 0. The van der Waals surface area contributed by atoms with Gasteiger partial charge in [0, 0.05) is 6.92 Å². The Balaban J connectivity index is 3.08. The maximum Gasteiger partial charge on any atom is 0.302 e. The van der Waals surface area contributed by atoms with Gasteiger partial charge in [-0.2, -0.15) is 0 Å². The second-order valence-corrected chi connectivity index (χ2v) is 2.75. The first kappa shape index (κ1) is 12.0. The second kappa shape index (κ2) is 9.10. The van der Waals surface area contributed by atoms with Gasteiger partial charge in [0.2, 0.25) is 0 Å². The molecule has 0 aromatic heterocycles. The first-order chi connectivity index (χ1) is 6.27. The predicted octanol–water partition coefficient (Wildman–Crippen LogP) is 2.27. The molecule has 13 heavy (non-hydrogen) atoms. The predicted molar refractivity (Wildman–Crippen MR) is 51.3 cm³/mol. The number of carbonyl (C=O) groups excluding carboxylic acids is 1. The van der Waals surface area contributed by atoms with Crippen LogP contribution in [-0.4, -0.2) is 19.2 Å². The van der Waals surface area contributed by atoms with E-state index in [0.29, 0.717) is 6.61 Å². The van der Waals surface area contributed by atoms with Crippen molar-refractivity contribution < 1.29 is 14.3 Å². The molecule has 0 spiro atoms. The Labute approximate surface area is 79.7 Å². The monoisotopic (exact) mass is 186 g/mol. The summed E-state index contributed by atoms with van der Waals surface area (Å²) in [6.45, 7) is 4.57. The van der Waals surface area contributed by atoms with Gasteiger partial charge in [0.25, 0.3) is 0 Å². The first-order valence-electron chi connectivity index (χ1n) is 4.67. The van der Waals surface area contributed by atoms with Crippen molar-refractivity contribution in [1.29, 1.82) is 0 Å². The number of hydrogen-bond acceptors (Lipinski definition) is 3. The fourth-order valence-electron chi connectivity index (χ4n) is 0.776. The molecule has 0 saturated heterocycles. The molecule has 0 amide bonds. The van der Waals surface area contributed by atoms with Gasteiger partial charge in [-0.1, -0.05) is 19.8 Å². The molecule has 0 aliphatic heterocycles. The maximum atomic E-state index is 10.3. The van der Waals surface area contributed by atoms with Gasteiger partial charge in [0.1, 0.15) is 6.61 Å². The average Bonchev–Trinajstić information content (AvgIpc) is 2.09. The van der Waals surface area contributed by atoms with E-state index in [0.717, 1.165) is 13.0 Å². The summed E-state index contributed by atoms with van der Waals surface area (Å²) in [5.74, 6) is -0.268. The smallest absolute Gasteiger partial charge is 0.302 e. The SMILES string of the molecule is CCCCCOC=CCOC(C)=O. The lowest BCUT2D eigenvalue weighted by molar-refractivity contribution is -0.139. The van der Waals surface area contributed by atoms with Crippen LogP contribution in [0.15, 0.2) is 12.3 Å². The number of rotatable bonds is 7. The normalized spacial score (nSPS) is 10.3. The van der Waals surface area contributed by atoms with Gasteiger partial charge < -0.3 is 9.47 Å². The fourth-order valence-corrected chi connectivity index (χ4v) is 0.776. The Morgan fingerprint density at radius 1 is 1.38 bits per heavy atom. The van der Waals surface area contributed by atoms with Gasteiger partial charge in [0.15, 0.2) is 0 Å². The number of esters is 1. The van der Waals surface area contributed by atoms with E-state index in [2.05, 4.69) is 11.7 Å². The van der Waals surface area contributed by atoms with E-state index >= 15 is 0 Å². The van der Waals surface area contributed by atoms with Crippen LogP contribution >= 0.6 is 0 Å². The Morgan fingerprint density at radius 3 is 2.77 bits per heavy atom. The summed E-state index contributed by atoms with van der Waals surface area (Å²) in [6.07, 6.45) is 6.73. The van der Waals surface area contributed by atoms with Crippen molar-refractivity contribution in [3.63, 3.8) is 0 Å². The molecule has 0 atom stereocenters. The van der Waals surface area contributed by atoms with Crippen LogP contribution in [0, 0.1) is 0 Å².